The van der Waals surface area contributed by atoms with Crippen LogP contribution in [-0.2, 0) is 0 Å². The molecule has 156 valence electrons. The molecule has 1 aliphatic rings. The van der Waals surface area contributed by atoms with Crippen molar-refractivity contribution in [3.05, 3.63) is 59.3 Å². The third-order valence-electron chi connectivity index (χ3n) is 5.28. The van der Waals surface area contributed by atoms with Crippen molar-refractivity contribution in [1.29, 1.82) is 0 Å². The number of pyridine rings is 1. The van der Waals surface area contributed by atoms with Crippen LogP contribution in [0.2, 0.25) is 0 Å². The summed E-state index contributed by atoms with van der Waals surface area (Å²) in [6, 6.07) is 9.13. The zero-order chi connectivity index (χ0) is 21.5. The SMILES string of the molecule is COc1cc2nccc(C(O)c3ccc4c(c3OC)C=CC(C)(C)O4)c2cc1OC. The van der Waals surface area contributed by atoms with Crippen LogP contribution in [0.5, 0.6) is 23.0 Å². The quantitative estimate of drug-likeness (QED) is 0.670. The van der Waals surface area contributed by atoms with E-state index < -0.39 is 11.7 Å². The van der Waals surface area contributed by atoms with E-state index in [2.05, 4.69) is 4.98 Å². The highest BCUT2D eigenvalue weighted by molar-refractivity contribution is 5.86. The normalized spacial score (nSPS) is 15.3. The fourth-order valence-corrected chi connectivity index (χ4v) is 3.79. The number of rotatable bonds is 5. The van der Waals surface area contributed by atoms with Crippen molar-refractivity contribution in [2.45, 2.75) is 25.6 Å². The summed E-state index contributed by atoms with van der Waals surface area (Å²) in [5, 5.41) is 12.1. The Morgan fingerprint density at radius 1 is 0.967 bits per heavy atom. The number of nitrogens with zero attached hydrogens (tertiary/aromatic N) is 1. The smallest absolute Gasteiger partial charge is 0.162 e. The molecular formula is C24H25NO5. The Bertz CT molecular complexity index is 1140. The lowest BCUT2D eigenvalue weighted by Gasteiger charge is -2.29. The Balaban J connectivity index is 1.86. The van der Waals surface area contributed by atoms with Crippen molar-refractivity contribution in [3.8, 4) is 23.0 Å². The fourth-order valence-electron chi connectivity index (χ4n) is 3.79. The molecule has 4 rings (SSSR count). The molecule has 0 saturated heterocycles. The summed E-state index contributed by atoms with van der Waals surface area (Å²) in [7, 11) is 4.76. The van der Waals surface area contributed by atoms with E-state index in [1.807, 2.05) is 44.2 Å². The summed E-state index contributed by atoms with van der Waals surface area (Å²) in [6.45, 7) is 3.99. The minimum absolute atomic E-state index is 0.394. The number of hydrogen-bond acceptors (Lipinski definition) is 6. The second-order valence-corrected chi connectivity index (χ2v) is 7.67. The van der Waals surface area contributed by atoms with Gasteiger partial charge in [-0.15, -0.1) is 0 Å². The third kappa shape index (κ3) is 3.33. The molecule has 0 saturated carbocycles. The van der Waals surface area contributed by atoms with Crippen LogP contribution in [0.25, 0.3) is 17.0 Å². The van der Waals surface area contributed by atoms with Gasteiger partial charge in [0.15, 0.2) is 11.5 Å². The van der Waals surface area contributed by atoms with Gasteiger partial charge in [-0.2, -0.15) is 0 Å². The van der Waals surface area contributed by atoms with Crippen LogP contribution in [0, 0.1) is 0 Å². The summed E-state index contributed by atoms with van der Waals surface area (Å²) in [5.41, 5.74) is 2.46. The lowest BCUT2D eigenvalue weighted by atomic mass is 9.93. The minimum atomic E-state index is -0.933. The van der Waals surface area contributed by atoms with Gasteiger partial charge in [0.1, 0.15) is 23.2 Å². The number of aromatic nitrogens is 1. The van der Waals surface area contributed by atoms with Crippen LogP contribution in [0.3, 0.4) is 0 Å². The number of ether oxygens (including phenoxy) is 4. The van der Waals surface area contributed by atoms with Gasteiger partial charge in [-0.3, -0.25) is 4.98 Å². The maximum Gasteiger partial charge on any atom is 0.162 e. The van der Waals surface area contributed by atoms with Crippen LogP contribution < -0.4 is 18.9 Å². The van der Waals surface area contributed by atoms with E-state index in [1.165, 1.54) is 0 Å². The van der Waals surface area contributed by atoms with Gasteiger partial charge in [-0.05, 0) is 55.8 Å². The molecule has 0 bridgehead atoms. The minimum Gasteiger partial charge on any atom is -0.496 e. The molecule has 6 nitrogen and oxygen atoms in total. The highest BCUT2D eigenvalue weighted by Crippen LogP contribution is 2.43. The maximum absolute atomic E-state index is 11.4. The molecule has 3 aromatic rings. The predicted molar refractivity (Wildman–Crippen MR) is 116 cm³/mol. The molecule has 0 aliphatic carbocycles. The first-order valence-electron chi connectivity index (χ1n) is 9.66. The van der Waals surface area contributed by atoms with E-state index in [-0.39, 0.29) is 0 Å². The number of fused-ring (bicyclic) bond motifs is 2. The molecule has 6 heteroatoms. The molecule has 1 aliphatic heterocycles. The van der Waals surface area contributed by atoms with Crippen molar-refractivity contribution >= 4 is 17.0 Å². The van der Waals surface area contributed by atoms with Crippen LogP contribution in [0.15, 0.2) is 42.6 Å². The summed E-state index contributed by atoms with van der Waals surface area (Å²) < 4.78 is 22.6. The van der Waals surface area contributed by atoms with E-state index in [9.17, 15) is 5.11 Å². The highest BCUT2D eigenvalue weighted by atomic mass is 16.5. The van der Waals surface area contributed by atoms with Crippen molar-refractivity contribution in [1.82, 2.24) is 4.98 Å². The van der Waals surface area contributed by atoms with Gasteiger partial charge in [-0.1, -0.05) is 0 Å². The first-order valence-corrected chi connectivity index (χ1v) is 9.66. The number of methoxy groups -OCH3 is 3. The van der Waals surface area contributed by atoms with Crippen LogP contribution in [0.4, 0.5) is 0 Å². The van der Waals surface area contributed by atoms with E-state index in [1.54, 1.807) is 39.7 Å². The van der Waals surface area contributed by atoms with Crippen LogP contribution >= 0.6 is 0 Å². The summed E-state index contributed by atoms with van der Waals surface area (Å²) in [5.74, 6) is 2.46. The number of aliphatic hydroxyl groups is 1. The Labute approximate surface area is 175 Å². The van der Waals surface area contributed by atoms with Crippen molar-refractivity contribution in [3.63, 3.8) is 0 Å². The Hall–Kier alpha value is -3.25. The Morgan fingerprint density at radius 3 is 2.40 bits per heavy atom. The standard InChI is InChI=1S/C24H25NO5/c1-24(2)10-8-15-19(30-24)7-6-16(23(15)29-5)22(26)14-9-11-25-18-13-21(28-4)20(27-3)12-17(14)18/h6-13,22,26H,1-5H3. The topological polar surface area (TPSA) is 70.0 Å². The van der Waals surface area contributed by atoms with Crippen LogP contribution in [0.1, 0.15) is 36.6 Å². The second-order valence-electron chi connectivity index (χ2n) is 7.67. The molecule has 2 heterocycles. The van der Waals surface area contributed by atoms with Gasteiger partial charge < -0.3 is 24.1 Å². The first-order chi connectivity index (χ1) is 14.4. The number of hydrogen-bond donors (Lipinski definition) is 1. The molecule has 1 unspecified atom stereocenters. The van der Waals surface area contributed by atoms with Crippen molar-refractivity contribution < 1.29 is 24.1 Å². The van der Waals surface area contributed by atoms with E-state index in [0.29, 0.717) is 33.9 Å². The zero-order valence-corrected chi connectivity index (χ0v) is 17.7. The lowest BCUT2D eigenvalue weighted by Crippen LogP contribution is -2.27. The third-order valence-corrected chi connectivity index (χ3v) is 5.28. The largest absolute Gasteiger partial charge is 0.496 e. The average Bonchev–Trinajstić information content (AvgIpc) is 2.75. The Morgan fingerprint density at radius 2 is 1.70 bits per heavy atom. The van der Waals surface area contributed by atoms with Gasteiger partial charge in [0.2, 0.25) is 0 Å². The number of aliphatic hydroxyl groups excluding tert-OH is 1. The maximum atomic E-state index is 11.4. The highest BCUT2D eigenvalue weighted by Gasteiger charge is 2.27. The van der Waals surface area contributed by atoms with Gasteiger partial charge in [0, 0.05) is 23.2 Å². The molecular weight excluding hydrogens is 382 g/mol. The van der Waals surface area contributed by atoms with E-state index in [4.69, 9.17) is 18.9 Å². The van der Waals surface area contributed by atoms with Crippen LogP contribution in [-0.4, -0.2) is 37.0 Å². The monoisotopic (exact) mass is 407 g/mol. The zero-order valence-electron chi connectivity index (χ0n) is 17.7. The second kappa shape index (κ2) is 7.54. The molecule has 1 atom stereocenters. The molecule has 0 radical (unpaired) electrons. The molecule has 2 aromatic carbocycles. The van der Waals surface area contributed by atoms with E-state index >= 15 is 0 Å². The molecule has 0 spiro atoms. The van der Waals surface area contributed by atoms with Gasteiger partial charge in [-0.25, -0.2) is 0 Å². The average molecular weight is 407 g/mol. The van der Waals surface area contributed by atoms with Gasteiger partial charge in [0.25, 0.3) is 0 Å². The van der Waals surface area contributed by atoms with Crippen molar-refractivity contribution in [2.24, 2.45) is 0 Å². The summed E-state index contributed by atoms with van der Waals surface area (Å²) in [6.07, 6.45) is 4.69. The molecule has 1 aromatic heterocycles. The molecule has 30 heavy (non-hydrogen) atoms. The summed E-state index contributed by atoms with van der Waals surface area (Å²) >= 11 is 0. The molecule has 0 fully saturated rings. The van der Waals surface area contributed by atoms with E-state index in [0.717, 1.165) is 16.7 Å². The molecule has 1 N–H and O–H groups in total. The Kier molecular flexibility index (Phi) is 5.03. The fraction of sp³-hybridized carbons (Fsp3) is 0.292. The lowest BCUT2D eigenvalue weighted by molar-refractivity contribution is 0.157. The molecule has 0 amide bonds. The van der Waals surface area contributed by atoms with Crippen molar-refractivity contribution in [2.75, 3.05) is 21.3 Å². The first kappa shape index (κ1) is 20.0. The van der Waals surface area contributed by atoms with Gasteiger partial charge in [0.05, 0.1) is 32.4 Å². The predicted octanol–water partition coefficient (Wildman–Crippen LogP) is 4.53. The van der Waals surface area contributed by atoms with Gasteiger partial charge >= 0.3 is 0 Å². The number of benzene rings is 2. The summed E-state index contributed by atoms with van der Waals surface area (Å²) in [4.78, 5) is 4.42.